The molecule has 0 radical (unpaired) electrons. The van der Waals surface area contributed by atoms with Crippen LogP contribution >= 0.6 is 0 Å². The van der Waals surface area contributed by atoms with Crippen molar-refractivity contribution >= 4 is 21.8 Å². The monoisotopic (exact) mass is 383 g/mol. The van der Waals surface area contributed by atoms with E-state index in [1.54, 1.807) is 17.0 Å². The second-order valence-corrected chi connectivity index (χ2v) is 7.67. The molecule has 144 valence electrons. The Labute approximate surface area is 154 Å². The van der Waals surface area contributed by atoms with E-state index in [0.717, 1.165) is 0 Å². The van der Waals surface area contributed by atoms with E-state index >= 15 is 0 Å². The van der Waals surface area contributed by atoms with Gasteiger partial charge in [-0.3, -0.25) is 9.59 Å². The number of rotatable bonds is 7. The lowest BCUT2D eigenvalue weighted by Gasteiger charge is -2.26. The highest BCUT2D eigenvalue weighted by atomic mass is 32.2. The van der Waals surface area contributed by atoms with E-state index in [4.69, 9.17) is 4.74 Å². The molecule has 1 aromatic rings. The minimum absolute atomic E-state index is 0.0336. The highest BCUT2D eigenvalue weighted by Crippen LogP contribution is 2.21. The molecular formula is C17H25N3O5S. The van der Waals surface area contributed by atoms with Gasteiger partial charge in [-0.15, -0.1) is 0 Å². The predicted molar refractivity (Wildman–Crippen MR) is 96.3 cm³/mol. The van der Waals surface area contributed by atoms with Gasteiger partial charge in [0.15, 0.2) is 0 Å². The average Bonchev–Trinajstić information content (AvgIpc) is 2.67. The molecule has 2 rings (SSSR count). The topological polar surface area (TPSA) is 96.0 Å². The summed E-state index contributed by atoms with van der Waals surface area (Å²) < 4.78 is 32.2. The van der Waals surface area contributed by atoms with Crippen molar-refractivity contribution in [1.29, 1.82) is 0 Å². The average molecular weight is 383 g/mol. The zero-order valence-corrected chi connectivity index (χ0v) is 15.9. The van der Waals surface area contributed by atoms with Crippen LogP contribution in [0.25, 0.3) is 0 Å². The van der Waals surface area contributed by atoms with Gasteiger partial charge in [-0.2, -0.15) is 4.31 Å². The Kier molecular flexibility index (Phi) is 7.13. The fourth-order valence-electron chi connectivity index (χ4n) is 2.74. The summed E-state index contributed by atoms with van der Waals surface area (Å²) in [5.41, 5.74) is 0.0336. The third-order valence-electron chi connectivity index (χ3n) is 4.24. The van der Waals surface area contributed by atoms with Gasteiger partial charge in [-0.05, 0) is 26.0 Å². The summed E-state index contributed by atoms with van der Waals surface area (Å²) in [4.78, 5) is 26.1. The predicted octanol–water partition coefficient (Wildman–Crippen LogP) is 0.306. The number of hydrogen-bond donors (Lipinski definition) is 1. The van der Waals surface area contributed by atoms with Crippen molar-refractivity contribution in [2.24, 2.45) is 0 Å². The molecule has 1 N–H and O–H groups in total. The van der Waals surface area contributed by atoms with Crippen molar-refractivity contribution in [1.82, 2.24) is 14.5 Å². The van der Waals surface area contributed by atoms with E-state index in [9.17, 15) is 18.0 Å². The van der Waals surface area contributed by atoms with Gasteiger partial charge >= 0.3 is 0 Å². The molecule has 9 heteroatoms. The molecule has 0 aromatic heterocycles. The summed E-state index contributed by atoms with van der Waals surface area (Å²) in [5, 5.41) is 2.53. The summed E-state index contributed by atoms with van der Waals surface area (Å²) in [6.45, 7) is 5.78. The largest absolute Gasteiger partial charge is 0.379 e. The Morgan fingerprint density at radius 3 is 2.38 bits per heavy atom. The zero-order chi connectivity index (χ0) is 19.2. The third-order valence-corrected chi connectivity index (χ3v) is 6.19. The number of benzene rings is 1. The Bertz CT molecular complexity index is 741. The molecular weight excluding hydrogens is 358 g/mol. The lowest BCUT2D eigenvalue weighted by molar-refractivity contribution is -0.129. The minimum atomic E-state index is -3.80. The maximum absolute atomic E-state index is 12.9. The second kappa shape index (κ2) is 9.11. The van der Waals surface area contributed by atoms with Crippen molar-refractivity contribution in [3.05, 3.63) is 29.8 Å². The number of carbonyl (C=O) groups excluding carboxylic acids is 2. The fraction of sp³-hybridized carbons (Fsp3) is 0.529. The number of carbonyl (C=O) groups is 2. The van der Waals surface area contributed by atoms with Crippen LogP contribution in [0, 0.1) is 0 Å². The molecule has 1 aromatic carbocycles. The number of morpholine rings is 1. The van der Waals surface area contributed by atoms with Crippen LogP contribution < -0.4 is 5.32 Å². The first-order valence-electron chi connectivity index (χ1n) is 8.64. The Morgan fingerprint density at radius 1 is 1.15 bits per heavy atom. The summed E-state index contributed by atoms with van der Waals surface area (Å²) in [6.07, 6.45) is 0. The number of sulfonamides is 1. The van der Waals surface area contributed by atoms with E-state index in [-0.39, 0.29) is 36.0 Å². The van der Waals surface area contributed by atoms with Crippen LogP contribution in [0.1, 0.15) is 24.2 Å². The van der Waals surface area contributed by atoms with E-state index in [1.165, 1.54) is 16.4 Å². The molecule has 1 saturated heterocycles. The van der Waals surface area contributed by atoms with Gasteiger partial charge in [0.1, 0.15) is 0 Å². The first kappa shape index (κ1) is 20.3. The number of hydrogen-bond acceptors (Lipinski definition) is 5. The molecule has 0 atom stereocenters. The quantitative estimate of drug-likeness (QED) is 0.731. The van der Waals surface area contributed by atoms with Crippen molar-refractivity contribution < 1.29 is 22.7 Å². The maximum atomic E-state index is 12.9. The Balaban J connectivity index is 2.17. The number of nitrogens with one attached hydrogen (secondary N) is 1. The van der Waals surface area contributed by atoms with Crippen LogP contribution in [0.5, 0.6) is 0 Å². The summed E-state index contributed by atoms with van der Waals surface area (Å²) in [7, 11) is -3.80. The summed E-state index contributed by atoms with van der Waals surface area (Å²) >= 11 is 0. The van der Waals surface area contributed by atoms with Gasteiger partial charge in [0.05, 0.1) is 30.2 Å². The highest BCUT2D eigenvalue weighted by molar-refractivity contribution is 7.89. The standard InChI is InChI=1S/C17H25N3O5S/c1-3-19(4-2)16(21)13-18-17(22)14-7-5-6-8-15(14)26(23,24)20-9-11-25-12-10-20/h5-8H,3-4,9-13H2,1-2H3,(H,18,22). The van der Waals surface area contributed by atoms with Crippen LogP contribution in [0.2, 0.25) is 0 Å². The SMILES string of the molecule is CCN(CC)C(=O)CNC(=O)c1ccccc1S(=O)(=O)N1CCOCC1. The van der Waals surface area contributed by atoms with E-state index < -0.39 is 15.9 Å². The van der Waals surface area contributed by atoms with Gasteiger partial charge < -0.3 is 15.0 Å². The zero-order valence-electron chi connectivity index (χ0n) is 15.1. The lowest BCUT2D eigenvalue weighted by Crippen LogP contribution is -2.42. The van der Waals surface area contributed by atoms with Crippen molar-refractivity contribution in [3.8, 4) is 0 Å². The lowest BCUT2D eigenvalue weighted by atomic mass is 10.2. The summed E-state index contributed by atoms with van der Waals surface area (Å²) in [5.74, 6) is -0.796. The number of nitrogens with zero attached hydrogens (tertiary/aromatic N) is 2. The van der Waals surface area contributed by atoms with Gasteiger partial charge in [0, 0.05) is 26.2 Å². The molecule has 0 unspecified atom stereocenters. The van der Waals surface area contributed by atoms with E-state index in [0.29, 0.717) is 26.3 Å². The molecule has 2 amide bonds. The maximum Gasteiger partial charge on any atom is 0.253 e. The molecule has 26 heavy (non-hydrogen) atoms. The first-order chi connectivity index (χ1) is 12.4. The van der Waals surface area contributed by atoms with Crippen LogP contribution in [0.15, 0.2) is 29.2 Å². The molecule has 0 aliphatic carbocycles. The van der Waals surface area contributed by atoms with Gasteiger partial charge in [0.2, 0.25) is 15.9 Å². The van der Waals surface area contributed by atoms with Gasteiger partial charge in [0.25, 0.3) is 5.91 Å². The number of ether oxygens (including phenoxy) is 1. The highest BCUT2D eigenvalue weighted by Gasteiger charge is 2.30. The molecule has 8 nitrogen and oxygen atoms in total. The smallest absolute Gasteiger partial charge is 0.253 e. The van der Waals surface area contributed by atoms with Crippen LogP contribution in [0.3, 0.4) is 0 Å². The van der Waals surface area contributed by atoms with Gasteiger partial charge in [-0.25, -0.2) is 8.42 Å². The second-order valence-electron chi connectivity index (χ2n) is 5.76. The van der Waals surface area contributed by atoms with E-state index in [1.807, 2.05) is 13.8 Å². The summed E-state index contributed by atoms with van der Waals surface area (Å²) in [6, 6.07) is 6.03. The molecule has 0 saturated carbocycles. The van der Waals surface area contributed by atoms with Gasteiger partial charge in [-0.1, -0.05) is 12.1 Å². The molecule has 1 aliphatic heterocycles. The Hall–Kier alpha value is -1.97. The first-order valence-corrected chi connectivity index (χ1v) is 10.1. The molecule has 1 aliphatic rings. The number of likely N-dealkylation sites (N-methyl/N-ethyl adjacent to an activating group) is 1. The van der Waals surface area contributed by atoms with Crippen molar-refractivity contribution in [3.63, 3.8) is 0 Å². The van der Waals surface area contributed by atoms with Crippen molar-refractivity contribution in [2.45, 2.75) is 18.7 Å². The van der Waals surface area contributed by atoms with Crippen LogP contribution in [-0.4, -0.2) is 75.4 Å². The van der Waals surface area contributed by atoms with Crippen LogP contribution in [0.4, 0.5) is 0 Å². The minimum Gasteiger partial charge on any atom is -0.379 e. The van der Waals surface area contributed by atoms with Crippen molar-refractivity contribution in [2.75, 3.05) is 45.9 Å². The molecule has 0 bridgehead atoms. The normalized spacial score (nSPS) is 15.5. The van der Waals surface area contributed by atoms with Crippen LogP contribution in [-0.2, 0) is 19.6 Å². The molecule has 1 heterocycles. The third kappa shape index (κ3) is 4.60. The fourth-order valence-corrected chi connectivity index (χ4v) is 4.34. The molecule has 1 fully saturated rings. The Morgan fingerprint density at radius 2 is 1.77 bits per heavy atom. The molecule has 0 spiro atoms. The van der Waals surface area contributed by atoms with E-state index in [2.05, 4.69) is 5.32 Å². The number of amides is 2.